The van der Waals surface area contributed by atoms with Gasteiger partial charge in [-0.1, -0.05) is 13.8 Å². The van der Waals surface area contributed by atoms with E-state index in [9.17, 15) is 33.9 Å². The molecule has 5 amide bonds. The summed E-state index contributed by atoms with van der Waals surface area (Å²) in [6, 6.07) is -4.76. The van der Waals surface area contributed by atoms with Crippen molar-refractivity contribution in [3.8, 4) is 0 Å². The van der Waals surface area contributed by atoms with Crippen molar-refractivity contribution in [2.24, 2.45) is 23.1 Å². The third-order valence-corrected chi connectivity index (χ3v) is 5.28. The summed E-state index contributed by atoms with van der Waals surface area (Å²) in [5.74, 6) is -4.55. The number of carboxylic acids is 1. The van der Waals surface area contributed by atoms with Crippen LogP contribution in [-0.2, 0) is 28.8 Å². The van der Waals surface area contributed by atoms with Crippen molar-refractivity contribution in [3.63, 3.8) is 0 Å². The van der Waals surface area contributed by atoms with E-state index < -0.39 is 66.1 Å². The van der Waals surface area contributed by atoms with Crippen LogP contribution in [0, 0.1) is 5.92 Å². The Bertz CT molecular complexity index is 749. The number of primary amides is 2. The molecule has 0 saturated heterocycles. The third kappa shape index (κ3) is 13.0. The molecular weight excluding hydrogens is 468 g/mol. The van der Waals surface area contributed by atoms with E-state index in [4.69, 9.17) is 17.2 Å². The monoisotopic (exact) mass is 504 g/mol. The minimum atomic E-state index is -1.37. The van der Waals surface area contributed by atoms with Crippen molar-refractivity contribution < 1.29 is 33.9 Å². The van der Waals surface area contributed by atoms with Crippen molar-refractivity contribution in [1.29, 1.82) is 0 Å². The predicted octanol–water partition coefficient (Wildman–Crippen LogP) is -2.21. The number of thioether (sulfide) groups is 1. The second-order valence-electron chi connectivity index (χ2n) is 8.21. The highest BCUT2D eigenvalue weighted by Crippen LogP contribution is 2.09. The Labute approximate surface area is 202 Å². The largest absolute Gasteiger partial charge is 0.480 e. The summed E-state index contributed by atoms with van der Waals surface area (Å²) < 4.78 is 0. The predicted molar refractivity (Wildman–Crippen MR) is 126 cm³/mol. The normalized spacial score (nSPS) is 14.4. The molecular formula is C20H36N6O7S. The lowest BCUT2D eigenvalue weighted by Gasteiger charge is -2.26. The van der Waals surface area contributed by atoms with Crippen LogP contribution < -0.4 is 33.2 Å². The minimum absolute atomic E-state index is 0.0212. The molecule has 4 unspecified atom stereocenters. The molecule has 0 aromatic heterocycles. The first-order valence-corrected chi connectivity index (χ1v) is 12.1. The van der Waals surface area contributed by atoms with Gasteiger partial charge in [0.1, 0.15) is 18.1 Å². The van der Waals surface area contributed by atoms with Crippen LogP contribution >= 0.6 is 11.8 Å². The second kappa shape index (κ2) is 15.9. The summed E-state index contributed by atoms with van der Waals surface area (Å²) in [5.41, 5.74) is 15.8. The molecule has 14 heteroatoms. The van der Waals surface area contributed by atoms with Gasteiger partial charge >= 0.3 is 5.97 Å². The summed E-state index contributed by atoms with van der Waals surface area (Å²) in [6.45, 7) is 3.65. The Kier molecular flexibility index (Phi) is 14.5. The molecule has 13 nitrogen and oxygen atoms in total. The van der Waals surface area contributed by atoms with E-state index in [-0.39, 0.29) is 31.6 Å². The summed E-state index contributed by atoms with van der Waals surface area (Å²) in [5, 5.41) is 16.7. The zero-order valence-electron chi connectivity index (χ0n) is 19.7. The van der Waals surface area contributed by atoms with Gasteiger partial charge in [0.25, 0.3) is 0 Å². The summed E-state index contributed by atoms with van der Waals surface area (Å²) in [4.78, 5) is 71.5. The van der Waals surface area contributed by atoms with Crippen molar-refractivity contribution in [3.05, 3.63) is 0 Å². The van der Waals surface area contributed by atoms with Gasteiger partial charge in [0.05, 0.1) is 12.5 Å². The molecule has 0 fully saturated rings. The van der Waals surface area contributed by atoms with E-state index in [0.717, 1.165) is 0 Å². The number of carbonyl (C=O) groups is 6. The molecule has 194 valence electrons. The van der Waals surface area contributed by atoms with Gasteiger partial charge in [0.15, 0.2) is 0 Å². The molecule has 0 aliphatic rings. The first-order chi connectivity index (χ1) is 15.8. The van der Waals surface area contributed by atoms with Crippen molar-refractivity contribution in [2.75, 3.05) is 12.0 Å². The maximum absolute atomic E-state index is 12.9. The number of hydrogen-bond donors (Lipinski definition) is 7. The second-order valence-corrected chi connectivity index (χ2v) is 9.20. The van der Waals surface area contributed by atoms with Gasteiger partial charge in [-0.2, -0.15) is 11.8 Å². The quantitative estimate of drug-likeness (QED) is 0.113. The number of nitrogens with one attached hydrogen (secondary N) is 3. The lowest BCUT2D eigenvalue weighted by molar-refractivity contribution is -0.142. The van der Waals surface area contributed by atoms with Crippen LogP contribution in [0.2, 0.25) is 0 Å². The van der Waals surface area contributed by atoms with Gasteiger partial charge in [-0.05, 0) is 37.2 Å². The van der Waals surface area contributed by atoms with E-state index in [1.54, 1.807) is 6.26 Å². The molecule has 0 aliphatic heterocycles. The smallest absolute Gasteiger partial charge is 0.326 e. The van der Waals surface area contributed by atoms with Crippen LogP contribution in [0.1, 0.15) is 46.0 Å². The first-order valence-electron chi connectivity index (χ1n) is 10.7. The average Bonchev–Trinajstić information content (AvgIpc) is 2.71. The standard InChI is InChI=1S/C20H36N6O7S/c1-10(2)8-14(26-17(29)11(21)9-16(23)28)19(31)24-12(6-7-34-3)18(30)25-13(20(32)33)4-5-15(22)27/h10-14H,4-9,21H2,1-3H3,(H2,22,27)(H2,23,28)(H,24,31)(H,25,30)(H,26,29)(H,32,33). The molecule has 10 N–H and O–H groups in total. The van der Waals surface area contributed by atoms with Crippen LogP contribution in [0.5, 0.6) is 0 Å². The number of carbonyl (C=O) groups excluding carboxylic acids is 5. The SMILES string of the molecule is CSCCC(NC(=O)C(CC(C)C)NC(=O)C(N)CC(N)=O)C(=O)NC(CCC(N)=O)C(=O)O. The molecule has 0 aromatic carbocycles. The van der Waals surface area contributed by atoms with Gasteiger partial charge in [-0.25, -0.2) is 4.79 Å². The minimum Gasteiger partial charge on any atom is -0.480 e. The summed E-state index contributed by atoms with van der Waals surface area (Å²) in [6.07, 6.45) is 1.35. The van der Waals surface area contributed by atoms with Gasteiger partial charge in [0, 0.05) is 6.42 Å². The van der Waals surface area contributed by atoms with Crippen molar-refractivity contribution >= 4 is 47.3 Å². The summed E-state index contributed by atoms with van der Waals surface area (Å²) in [7, 11) is 0. The van der Waals surface area contributed by atoms with Crippen molar-refractivity contribution in [2.45, 2.75) is 70.1 Å². The van der Waals surface area contributed by atoms with Crippen LogP contribution in [0.25, 0.3) is 0 Å². The van der Waals surface area contributed by atoms with Gasteiger partial charge in [0.2, 0.25) is 29.5 Å². The van der Waals surface area contributed by atoms with E-state index >= 15 is 0 Å². The Morgan fingerprint density at radius 2 is 1.35 bits per heavy atom. The molecule has 0 radical (unpaired) electrons. The topological polar surface area (TPSA) is 237 Å². The zero-order valence-corrected chi connectivity index (χ0v) is 20.5. The summed E-state index contributed by atoms with van der Waals surface area (Å²) >= 11 is 1.41. The highest BCUT2D eigenvalue weighted by atomic mass is 32.2. The average molecular weight is 505 g/mol. The maximum atomic E-state index is 12.9. The lowest BCUT2D eigenvalue weighted by Crippen LogP contribution is -2.57. The van der Waals surface area contributed by atoms with Crippen LogP contribution in [0.15, 0.2) is 0 Å². The number of aliphatic carboxylic acids is 1. The highest BCUT2D eigenvalue weighted by Gasteiger charge is 2.30. The van der Waals surface area contributed by atoms with E-state index in [0.29, 0.717) is 5.75 Å². The molecule has 0 spiro atoms. The molecule has 0 aromatic rings. The number of hydrogen-bond acceptors (Lipinski definition) is 8. The Balaban J connectivity index is 5.47. The van der Waals surface area contributed by atoms with E-state index in [2.05, 4.69) is 16.0 Å². The van der Waals surface area contributed by atoms with Crippen LogP contribution in [0.4, 0.5) is 0 Å². The molecule has 0 saturated carbocycles. The number of carboxylic acid groups (broad SMARTS) is 1. The molecule has 34 heavy (non-hydrogen) atoms. The molecule has 0 heterocycles. The van der Waals surface area contributed by atoms with Crippen LogP contribution in [-0.4, -0.2) is 76.8 Å². The number of nitrogens with two attached hydrogens (primary N) is 3. The van der Waals surface area contributed by atoms with Gasteiger partial charge in [-0.3, -0.25) is 24.0 Å². The van der Waals surface area contributed by atoms with Gasteiger partial charge in [-0.15, -0.1) is 0 Å². The fraction of sp³-hybridized carbons (Fsp3) is 0.700. The highest BCUT2D eigenvalue weighted by molar-refractivity contribution is 7.98. The van der Waals surface area contributed by atoms with E-state index in [1.807, 2.05) is 13.8 Å². The molecule has 0 aliphatic carbocycles. The maximum Gasteiger partial charge on any atom is 0.326 e. The van der Waals surface area contributed by atoms with Crippen LogP contribution in [0.3, 0.4) is 0 Å². The third-order valence-electron chi connectivity index (χ3n) is 4.64. The zero-order chi connectivity index (χ0) is 26.4. The fourth-order valence-electron chi connectivity index (χ4n) is 2.88. The fourth-order valence-corrected chi connectivity index (χ4v) is 3.36. The molecule has 4 atom stereocenters. The van der Waals surface area contributed by atoms with Gasteiger partial charge < -0.3 is 38.3 Å². The number of rotatable bonds is 17. The Morgan fingerprint density at radius 3 is 1.82 bits per heavy atom. The lowest BCUT2D eigenvalue weighted by atomic mass is 10.0. The van der Waals surface area contributed by atoms with Crippen molar-refractivity contribution in [1.82, 2.24) is 16.0 Å². The Hall–Kier alpha value is -2.87. The first kappa shape index (κ1) is 31.1. The molecule has 0 bridgehead atoms. The Morgan fingerprint density at radius 1 is 0.824 bits per heavy atom. The molecule has 0 rings (SSSR count). The number of amides is 5. The van der Waals surface area contributed by atoms with E-state index in [1.165, 1.54) is 11.8 Å².